The van der Waals surface area contributed by atoms with Crippen molar-refractivity contribution in [2.75, 3.05) is 5.32 Å². The Kier molecular flexibility index (Phi) is 4.18. The Morgan fingerprint density at radius 1 is 1.27 bits per heavy atom. The second kappa shape index (κ2) is 5.19. The first-order chi connectivity index (χ1) is 7.00. The van der Waals surface area contributed by atoms with Crippen molar-refractivity contribution in [1.82, 2.24) is 9.55 Å². The van der Waals surface area contributed by atoms with Crippen molar-refractivity contribution in [2.24, 2.45) is 11.8 Å². The molecular formula is C12H23N3. The van der Waals surface area contributed by atoms with E-state index in [-0.39, 0.29) is 0 Å². The third kappa shape index (κ3) is 3.57. The van der Waals surface area contributed by atoms with Crippen molar-refractivity contribution in [3.8, 4) is 0 Å². The lowest BCUT2D eigenvalue weighted by molar-refractivity contribution is 0.366. The monoisotopic (exact) mass is 209 g/mol. The molecule has 1 aromatic rings. The van der Waals surface area contributed by atoms with Crippen LogP contribution in [0.5, 0.6) is 0 Å². The van der Waals surface area contributed by atoms with E-state index in [0.717, 1.165) is 12.5 Å². The van der Waals surface area contributed by atoms with Crippen LogP contribution >= 0.6 is 0 Å². The molecule has 15 heavy (non-hydrogen) atoms. The molecule has 3 heteroatoms. The molecule has 0 aliphatic rings. The minimum Gasteiger partial charge on any atom is -0.353 e. The van der Waals surface area contributed by atoms with E-state index in [0.29, 0.717) is 17.9 Å². The van der Waals surface area contributed by atoms with E-state index in [1.54, 1.807) is 0 Å². The number of aromatic nitrogens is 2. The van der Waals surface area contributed by atoms with Crippen molar-refractivity contribution < 1.29 is 0 Å². The van der Waals surface area contributed by atoms with Gasteiger partial charge in [0.25, 0.3) is 0 Å². The minimum atomic E-state index is 0.431. The van der Waals surface area contributed by atoms with E-state index in [4.69, 9.17) is 0 Å². The summed E-state index contributed by atoms with van der Waals surface area (Å²) in [6.07, 6.45) is 3.90. The first-order valence-corrected chi connectivity index (χ1v) is 5.78. The molecule has 3 nitrogen and oxygen atoms in total. The summed E-state index contributed by atoms with van der Waals surface area (Å²) < 4.78 is 2.20. The topological polar surface area (TPSA) is 29.9 Å². The third-order valence-electron chi connectivity index (χ3n) is 2.76. The van der Waals surface area contributed by atoms with Crippen LogP contribution < -0.4 is 5.32 Å². The maximum atomic E-state index is 4.32. The highest BCUT2D eigenvalue weighted by Gasteiger charge is 2.10. The maximum absolute atomic E-state index is 4.32. The fourth-order valence-corrected chi connectivity index (χ4v) is 1.38. The zero-order valence-corrected chi connectivity index (χ0v) is 10.5. The van der Waals surface area contributed by atoms with Crippen LogP contribution in [0.3, 0.4) is 0 Å². The minimum absolute atomic E-state index is 0.431. The largest absolute Gasteiger partial charge is 0.353 e. The van der Waals surface area contributed by atoms with Crippen LogP contribution in [0.25, 0.3) is 0 Å². The molecule has 0 spiro atoms. The Hall–Kier alpha value is -0.990. The maximum Gasteiger partial charge on any atom is 0.202 e. The number of nitrogens with one attached hydrogen (secondary N) is 1. The molecule has 0 aliphatic heterocycles. The normalized spacial score (nSPS) is 13.5. The van der Waals surface area contributed by atoms with Gasteiger partial charge in [0, 0.05) is 25.0 Å². The zero-order valence-electron chi connectivity index (χ0n) is 10.5. The average Bonchev–Trinajstić information content (AvgIpc) is 2.51. The zero-order chi connectivity index (χ0) is 11.4. The van der Waals surface area contributed by atoms with Crippen LogP contribution in [0.4, 0.5) is 5.95 Å². The third-order valence-corrected chi connectivity index (χ3v) is 2.76. The van der Waals surface area contributed by atoms with E-state index in [1.165, 1.54) is 0 Å². The molecule has 0 radical (unpaired) electrons. The van der Waals surface area contributed by atoms with Crippen molar-refractivity contribution in [2.45, 2.75) is 47.2 Å². The summed E-state index contributed by atoms with van der Waals surface area (Å²) in [5.74, 6) is 2.36. The molecule has 1 heterocycles. The Bertz CT molecular complexity index is 289. The van der Waals surface area contributed by atoms with Gasteiger partial charge in [0.2, 0.25) is 5.95 Å². The van der Waals surface area contributed by atoms with Crippen LogP contribution in [0.1, 0.15) is 34.6 Å². The fourth-order valence-electron chi connectivity index (χ4n) is 1.38. The smallest absolute Gasteiger partial charge is 0.202 e. The van der Waals surface area contributed by atoms with Gasteiger partial charge in [-0.25, -0.2) is 4.98 Å². The molecule has 0 fully saturated rings. The molecule has 1 aromatic heterocycles. The molecule has 0 saturated carbocycles. The van der Waals surface area contributed by atoms with Crippen molar-refractivity contribution >= 4 is 5.95 Å². The lowest BCUT2D eigenvalue weighted by Gasteiger charge is -2.18. The Labute approximate surface area is 92.9 Å². The molecule has 0 amide bonds. The summed E-state index contributed by atoms with van der Waals surface area (Å²) >= 11 is 0. The second-order valence-electron chi connectivity index (χ2n) is 4.92. The summed E-state index contributed by atoms with van der Waals surface area (Å²) in [6, 6.07) is 0.431. The average molecular weight is 209 g/mol. The molecule has 0 bridgehead atoms. The van der Waals surface area contributed by atoms with E-state index in [1.807, 2.05) is 12.4 Å². The van der Waals surface area contributed by atoms with Crippen LogP contribution in [0, 0.1) is 11.8 Å². The predicted molar refractivity (Wildman–Crippen MR) is 65.0 cm³/mol. The molecule has 0 saturated heterocycles. The molecule has 0 aliphatic carbocycles. The Balaban J connectivity index is 2.64. The number of imidazole rings is 1. The molecule has 1 N–H and O–H groups in total. The number of hydrogen-bond acceptors (Lipinski definition) is 2. The van der Waals surface area contributed by atoms with E-state index >= 15 is 0 Å². The second-order valence-corrected chi connectivity index (χ2v) is 4.92. The quantitative estimate of drug-likeness (QED) is 0.808. The van der Waals surface area contributed by atoms with Crippen LogP contribution in [-0.4, -0.2) is 15.6 Å². The lowest BCUT2D eigenvalue weighted by atomic mass is 9.98. The summed E-state index contributed by atoms with van der Waals surface area (Å²) in [7, 11) is 0. The number of nitrogens with zero attached hydrogens (tertiary/aromatic N) is 2. The van der Waals surface area contributed by atoms with Crippen LogP contribution in [0.15, 0.2) is 12.4 Å². The highest BCUT2D eigenvalue weighted by Crippen LogP contribution is 2.15. The molecule has 1 rings (SSSR count). The first-order valence-electron chi connectivity index (χ1n) is 5.78. The van der Waals surface area contributed by atoms with Crippen molar-refractivity contribution in [3.05, 3.63) is 12.4 Å². The summed E-state index contributed by atoms with van der Waals surface area (Å²) in [4.78, 5) is 4.32. The van der Waals surface area contributed by atoms with Gasteiger partial charge in [0.15, 0.2) is 0 Å². The van der Waals surface area contributed by atoms with E-state index in [2.05, 4.69) is 49.5 Å². The highest BCUT2D eigenvalue weighted by atomic mass is 15.2. The van der Waals surface area contributed by atoms with Crippen LogP contribution in [0.2, 0.25) is 0 Å². The van der Waals surface area contributed by atoms with E-state index in [9.17, 15) is 0 Å². The first kappa shape index (κ1) is 12.1. The SMILES string of the molecule is CC(C)Nc1nccn1CC(C)C(C)C. The predicted octanol–water partition coefficient (Wildman–Crippen LogP) is 3.00. The van der Waals surface area contributed by atoms with Gasteiger partial charge in [0.1, 0.15) is 0 Å². The van der Waals surface area contributed by atoms with E-state index < -0.39 is 0 Å². The van der Waals surface area contributed by atoms with Gasteiger partial charge in [-0.2, -0.15) is 0 Å². The van der Waals surface area contributed by atoms with Gasteiger partial charge < -0.3 is 9.88 Å². The molecule has 86 valence electrons. The van der Waals surface area contributed by atoms with Gasteiger partial charge in [-0.3, -0.25) is 0 Å². The van der Waals surface area contributed by atoms with Crippen molar-refractivity contribution in [3.63, 3.8) is 0 Å². The highest BCUT2D eigenvalue weighted by molar-refractivity contribution is 5.26. The van der Waals surface area contributed by atoms with Gasteiger partial charge in [-0.15, -0.1) is 0 Å². The number of anilines is 1. The Morgan fingerprint density at radius 3 is 2.47 bits per heavy atom. The summed E-state index contributed by atoms with van der Waals surface area (Å²) in [5.41, 5.74) is 0. The lowest BCUT2D eigenvalue weighted by Crippen LogP contribution is -2.18. The number of rotatable bonds is 5. The number of hydrogen-bond donors (Lipinski definition) is 1. The van der Waals surface area contributed by atoms with Gasteiger partial charge in [-0.05, 0) is 25.7 Å². The van der Waals surface area contributed by atoms with Gasteiger partial charge in [0.05, 0.1) is 0 Å². The summed E-state index contributed by atoms with van der Waals surface area (Å²) in [6.45, 7) is 12.1. The standard InChI is InChI=1S/C12H23N3/c1-9(2)11(5)8-15-7-6-13-12(15)14-10(3)4/h6-7,9-11H,8H2,1-5H3,(H,13,14). The molecule has 0 aromatic carbocycles. The van der Waals surface area contributed by atoms with Gasteiger partial charge in [-0.1, -0.05) is 20.8 Å². The molecule has 1 atom stereocenters. The fraction of sp³-hybridized carbons (Fsp3) is 0.750. The Morgan fingerprint density at radius 2 is 1.93 bits per heavy atom. The molecule has 1 unspecified atom stereocenters. The van der Waals surface area contributed by atoms with Crippen molar-refractivity contribution in [1.29, 1.82) is 0 Å². The van der Waals surface area contributed by atoms with Gasteiger partial charge >= 0.3 is 0 Å². The summed E-state index contributed by atoms with van der Waals surface area (Å²) in [5, 5.41) is 3.35. The van der Waals surface area contributed by atoms with Crippen LogP contribution in [-0.2, 0) is 6.54 Å². The molecular weight excluding hydrogens is 186 g/mol.